The predicted octanol–water partition coefficient (Wildman–Crippen LogP) is 8.97. The van der Waals surface area contributed by atoms with Crippen molar-refractivity contribution in [3.63, 3.8) is 0 Å². The maximum Gasteiger partial charge on any atom is 0.296 e. The van der Waals surface area contributed by atoms with Crippen molar-refractivity contribution in [3.8, 4) is 17.7 Å². The second-order valence-corrected chi connectivity index (χ2v) is 29.2. The van der Waals surface area contributed by atoms with Gasteiger partial charge in [0.1, 0.15) is 48.8 Å². The lowest BCUT2D eigenvalue weighted by atomic mass is 10.1. The zero-order valence-corrected chi connectivity index (χ0v) is 50.6. The molecule has 0 atom stereocenters. The summed E-state index contributed by atoms with van der Waals surface area (Å²) < 4.78 is 211. The maximum absolute atomic E-state index is 12.6. The number of azo groups is 3. The van der Waals surface area contributed by atoms with E-state index in [0.29, 0.717) is 34.6 Å². The number of fused-ring (bicyclic) bond motifs is 6. The largest absolute Gasteiger partial charge is 0.493 e. The molecule has 454 valence electrons. The molecule has 1 amide bonds. The van der Waals surface area contributed by atoms with Crippen LogP contribution in [0, 0.1) is 32.1 Å². The minimum absolute atomic E-state index is 0.0164. The SMILES string of the molecule is CC(=O)Nc1cc(S(=O)(=O)O)c2nc3c(C#N)c(C)c(N=Nc4cc(C)c(N=Nc5cc(C)c(N=Nc6nc7c(S(=O)(=O)O)cc8c(S(=O)(=O)O)cc(S(=O)(=O)O)cc8c7s6)cc5SCCCS(=O)(=O)O)cc4OCCCS(=O)(=O)O)c(O)n3c2c1. The first-order valence-electron chi connectivity index (χ1n) is 23.7. The van der Waals surface area contributed by atoms with Gasteiger partial charge < -0.3 is 15.2 Å². The monoisotopic (exact) mass is 1340 g/mol. The molecule has 0 aliphatic heterocycles. The van der Waals surface area contributed by atoms with Gasteiger partial charge >= 0.3 is 0 Å². The normalized spacial score (nSPS) is 13.1. The number of benzene rings is 5. The molecule has 0 radical (unpaired) electrons. The van der Waals surface area contributed by atoms with E-state index in [0.717, 1.165) is 35.2 Å². The van der Waals surface area contributed by atoms with Crippen LogP contribution in [0.2, 0.25) is 0 Å². The number of ether oxygens (including phenoxy) is 1. The van der Waals surface area contributed by atoms with Crippen molar-refractivity contribution in [2.45, 2.75) is 65.0 Å². The molecule has 3 aromatic heterocycles. The van der Waals surface area contributed by atoms with E-state index in [1.807, 2.05) is 6.07 Å². The summed E-state index contributed by atoms with van der Waals surface area (Å²) in [5.74, 6) is -2.82. The van der Waals surface area contributed by atoms with Crippen molar-refractivity contribution >= 4 is 167 Å². The number of hydrogen-bond donors (Lipinski definition) is 8. The number of carbonyl (C=O) groups excluding carboxylic acids is 1. The smallest absolute Gasteiger partial charge is 0.296 e. The number of pyridine rings is 1. The number of thiazole rings is 1. The summed E-state index contributed by atoms with van der Waals surface area (Å²) in [5, 5.41) is 48.9. The summed E-state index contributed by atoms with van der Waals surface area (Å²) in [6.07, 6.45) is -0.330. The summed E-state index contributed by atoms with van der Waals surface area (Å²) in [4.78, 5) is 16.7. The summed E-state index contributed by atoms with van der Waals surface area (Å²) in [5.41, 5.74) is -1.32. The molecule has 40 heteroatoms. The van der Waals surface area contributed by atoms with Crippen LogP contribution in [-0.2, 0) is 65.5 Å². The van der Waals surface area contributed by atoms with Crippen LogP contribution in [0.15, 0.2) is 110 Å². The first kappa shape index (κ1) is 64.4. The molecular formula is C46H41N11O21S8. The number of nitrogens with zero attached hydrogens (tertiary/aromatic N) is 10. The molecule has 86 heavy (non-hydrogen) atoms. The van der Waals surface area contributed by atoms with Crippen LogP contribution in [0.5, 0.6) is 11.6 Å². The molecule has 0 aliphatic rings. The molecule has 3 heterocycles. The van der Waals surface area contributed by atoms with Gasteiger partial charge in [-0.1, -0.05) is 11.3 Å². The predicted molar refractivity (Wildman–Crippen MR) is 308 cm³/mol. The number of hydrogen-bond acceptors (Lipinski definition) is 26. The molecule has 8 N–H and O–H groups in total. The van der Waals surface area contributed by atoms with E-state index in [1.54, 1.807) is 13.8 Å². The van der Waals surface area contributed by atoms with E-state index in [9.17, 15) is 93.0 Å². The fraction of sp³-hybridized carbons (Fsp3) is 0.217. The highest BCUT2D eigenvalue weighted by atomic mass is 32.2. The molecule has 0 fully saturated rings. The lowest BCUT2D eigenvalue weighted by molar-refractivity contribution is -0.114. The number of imidazole rings is 1. The van der Waals surface area contributed by atoms with Gasteiger partial charge in [0, 0.05) is 39.9 Å². The Morgan fingerprint density at radius 2 is 1.24 bits per heavy atom. The molecule has 32 nitrogen and oxygen atoms in total. The Bertz CT molecular complexity index is 5080. The van der Waals surface area contributed by atoms with Gasteiger partial charge in [-0.25, -0.2) is 9.97 Å². The van der Waals surface area contributed by atoms with E-state index in [-0.39, 0.29) is 107 Å². The zero-order valence-electron chi connectivity index (χ0n) is 44.0. The number of aromatic nitrogens is 3. The van der Waals surface area contributed by atoms with Gasteiger partial charge in [0.2, 0.25) is 16.9 Å². The third-order valence-electron chi connectivity index (χ3n) is 12.1. The Balaban J connectivity index is 1.21. The molecule has 5 aromatic carbocycles. The van der Waals surface area contributed by atoms with Gasteiger partial charge in [-0.3, -0.25) is 36.5 Å². The number of thioether (sulfide) groups is 1. The van der Waals surface area contributed by atoms with Crippen LogP contribution in [0.3, 0.4) is 0 Å². The first-order valence-corrected chi connectivity index (χ1v) is 34.5. The fourth-order valence-electron chi connectivity index (χ4n) is 8.29. The molecular weight excluding hydrogens is 1300 g/mol. The van der Waals surface area contributed by atoms with Gasteiger partial charge in [-0.2, -0.15) is 60.9 Å². The summed E-state index contributed by atoms with van der Waals surface area (Å²) in [7, 11) is -29.6. The number of rotatable bonds is 21. The highest BCUT2D eigenvalue weighted by Gasteiger charge is 2.29. The molecule has 0 aliphatic carbocycles. The maximum atomic E-state index is 12.6. The molecule has 0 spiro atoms. The zero-order chi connectivity index (χ0) is 63.4. The quantitative estimate of drug-likeness (QED) is 0.0144. The highest BCUT2D eigenvalue weighted by Crippen LogP contribution is 2.45. The van der Waals surface area contributed by atoms with Gasteiger partial charge in [0.15, 0.2) is 11.3 Å². The number of nitriles is 1. The van der Waals surface area contributed by atoms with Crippen LogP contribution < -0.4 is 10.1 Å². The second kappa shape index (κ2) is 23.9. The Morgan fingerprint density at radius 1 is 0.663 bits per heavy atom. The van der Waals surface area contributed by atoms with Crippen molar-refractivity contribution < 1.29 is 92.5 Å². The minimum Gasteiger partial charge on any atom is -0.493 e. The molecule has 0 bridgehead atoms. The van der Waals surface area contributed by atoms with Gasteiger partial charge in [-0.15, -0.1) is 37.3 Å². The molecule has 8 aromatic rings. The van der Waals surface area contributed by atoms with E-state index in [1.165, 1.54) is 37.3 Å². The third kappa shape index (κ3) is 14.4. The van der Waals surface area contributed by atoms with Gasteiger partial charge in [-0.05, 0) is 99.0 Å². The van der Waals surface area contributed by atoms with Crippen LogP contribution >= 0.6 is 23.1 Å². The third-order valence-corrected chi connectivity index (χ3v) is 19.3. The fourth-order valence-corrected chi connectivity index (χ4v) is 14.1. The number of aromatic hydroxyl groups is 1. The van der Waals surface area contributed by atoms with Crippen molar-refractivity contribution in [2.24, 2.45) is 30.7 Å². The van der Waals surface area contributed by atoms with E-state index in [4.69, 9.17) is 4.74 Å². The Kier molecular flexibility index (Phi) is 17.9. The van der Waals surface area contributed by atoms with Crippen molar-refractivity contribution in [2.75, 3.05) is 29.2 Å². The van der Waals surface area contributed by atoms with Gasteiger partial charge in [0.25, 0.3) is 60.7 Å². The van der Waals surface area contributed by atoms with Gasteiger partial charge in [0.05, 0.1) is 50.3 Å². The summed E-state index contributed by atoms with van der Waals surface area (Å²) >= 11 is 1.56. The number of nitrogens with one attached hydrogen (secondary N) is 1. The number of aryl methyl sites for hydroxylation is 2. The standard InChI is InChI=1S/C46H41N11O21S8/c1-21-11-32(53-55-40-23(3)29(20-47)44-49-41-34(57(44)45(40)59)13-25(48-24(4)58)14-38(41)85(72,73)74)35(78-7-5-9-81(60,61)62)18-30(21)51-54-33-12-22(2)31(19-36(33)79-8-6-10-82(63,64)65)52-56-46-50-42-39(86(75,76)77)17-27-28(43(42)80-46)15-26(83(66,67)68)16-37(27)84(69,70)71/h11-19,59H,5-10H2,1-4H3,(H,48,58)(H,60,61,62)(H,63,64,65)(H,66,67,68)(H,69,70,71)(H,72,73,74)(H,75,76,77). The Hall–Kier alpha value is -7.63. The molecule has 0 saturated carbocycles. The number of carbonyl (C=O) groups is 1. The summed E-state index contributed by atoms with van der Waals surface area (Å²) in [6.45, 7) is 5.24. The topological polar surface area (TPSA) is 513 Å². The first-order chi connectivity index (χ1) is 39.8. The Morgan fingerprint density at radius 3 is 1.85 bits per heavy atom. The minimum atomic E-state index is -5.32. The van der Waals surface area contributed by atoms with Crippen LogP contribution in [0.25, 0.3) is 37.7 Å². The lowest BCUT2D eigenvalue weighted by Gasteiger charge is -2.12. The van der Waals surface area contributed by atoms with Crippen molar-refractivity contribution in [1.29, 1.82) is 5.26 Å². The molecule has 0 saturated heterocycles. The van der Waals surface area contributed by atoms with Crippen LogP contribution in [-0.4, -0.2) is 127 Å². The van der Waals surface area contributed by atoms with E-state index in [2.05, 4.69) is 46.0 Å². The van der Waals surface area contributed by atoms with Crippen LogP contribution in [0.1, 0.15) is 42.0 Å². The average molecular weight is 1340 g/mol. The molecule has 0 unspecified atom stereocenters. The van der Waals surface area contributed by atoms with E-state index >= 15 is 0 Å². The van der Waals surface area contributed by atoms with Crippen molar-refractivity contribution in [1.82, 2.24) is 14.4 Å². The second-order valence-electron chi connectivity index (χ2n) is 18.3. The lowest BCUT2D eigenvalue weighted by Crippen LogP contribution is -2.08. The number of anilines is 1. The van der Waals surface area contributed by atoms with Crippen molar-refractivity contribution in [3.05, 3.63) is 76.9 Å². The Labute approximate surface area is 494 Å². The highest BCUT2D eigenvalue weighted by molar-refractivity contribution is 7.99. The van der Waals surface area contributed by atoms with E-state index < -0.39 is 120 Å². The average Bonchev–Trinajstić information content (AvgIpc) is 1.51. The molecule has 8 rings (SSSR count). The van der Waals surface area contributed by atoms with Crippen LogP contribution in [0.4, 0.5) is 39.3 Å². The summed E-state index contributed by atoms with van der Waals surface area (Å²) in [6, 6.07) is 11.5. The number of amides is 1.